The first-order valence-corrected chi connectivity index (χ1v) is 8.41. The molecule has 1 atom stereocenters. The number of methoxy groups -OCH3 is 2. The fourth-order valence-corrected chi connectivity index (χ4v) is 3.84. The van der Waals surface area contributed by atoms with Crippen molar-refractivity contribution in [1.82, 2.24) is 10.2 Å². The smallest absolute Gasteiger partial charge is 0.127 e. The molecule has 3 rings (SSSR count). The van der Waals surface area contributed by atoms with Crippen LogP contribution in [0, 0.1) is 0 Å². The van der Waals surface area contributed by atoms with E-state index in [1.807, 2.05) is 12.1 Å². The van der Waals surface area contributed by atoms with E-state index in [9.17, 15) is 0 Å². The molecule has 0 amide bonds. The molecule has 0 saturated carbocycles. The predicted molar refractivity (Wildman–Crippen MR) is 90.2 cm³/mol. The summed E-state index contributed by atoms with van der Waals surface area (Å²) >= 11 is 1.80. The third kappa shape index (κ3) is 3.11. The highest BCUT2D eigenvalue weighted by Gasteiger charge is 2.27. The normalized spacial score (nSPS) is 17.2. The van der Waals surface area contributed by atoms with Crippen molar-refractivity contribution in [3.8, 4) is 11.5 Å². The van der Waals surface area contributed by atoms with Crippen LogP contribution in [-0.2, 0) is 0 Å². The number of ether oxygens (including phenoxy) is 2. The minimum atomic E-state index is 0.239. The molecule has 1 aromatic heterocycles. The van der Waals surface area contributed by atoms with E-state index in [-0.39, 0.29) is 6.04 Å². The minimum Gasteiger partial charge on any atom is -0.497 e. The van der Waals surface area contributed by atoms with Gasteiger partial charge in [0.1, 0.15) is 11.5 Å². The van der Waals surface area contributed by atoms with E-state index in [1.54, 1.807) is 25.6 Å². The molecule has 4 nitrogen and oxygen atoms in total. The summed E-state index contributed by atoms with van der Waals surface area (Å²) in [6.45, 7) is 4.14. The van der Waals surface area contributed by atoms with Crippen molar-refractivity contribution in [2.45, 2.75) is 6.04 Å². The fourth-order valence-electron chi connectivity index (χ4n) is 2.96. The number of nitrogens with zero attached hydrogens (tertiary/aromatic N) is 1. The molecule has 0 bridgehead atoms. The first-order valence-electron chi connectivity index (χ1n) is 7.53. The van der Waals surface area contributed by atoms with Gasteiger partial charge in [0.25, 0.3) is 0 Å². The molecule has 5 heteroatoms. The molecule has 0 unspecified atom stereocenters. The van der Waals surface area contributed by atoms with Gasteiger partial charge in [0.2, 0.25) is 0 Å². The van der Waals surface area contributed by atoms with E-state index in [2.05, 4.69) is 33.8 Å². The quantitative estimate of drug-likeness (QED) is 0.919. The number of benzene rings is 1. The summed E-state index contributed by atoms with van der Waals surface area (Å²) in [6, 6.07) is 10.7. The van der Waals surface area contributed by atoms with Gasteiger partial charge in [-0.1, -0.05) is 6.07 Å². The van der Waals surface area contributed by atoms with Gasteiger partial charge in [-0.15, -0.1) is 11.3 Å². The van der Waals surface area contributed by atoms with Gasteiger partial charge in [-0.25, -0.2) is 0 Å². The lowest BCUT2D eigenvalue weighted by atomic mass is 10.0. The molecule has 0 spiro atoms. The highest BCUT2D eigenvalue weighted by molar-refractivity contribution is 7.10. The van der Waals surface area contributed by atoms with Gasteiger partial charge in [-0.05, 0) is 23.6 Å². The number of thiophene rings is 1. The van der Waals surface area contributed by atoms with Crippen molar-refractivity contribution < 1.29 is 9.47 Å². The summed E-state index contributed by atoms with van der Waals surface area (Å²) < 4.78 is 11.0. The highest BCUT2D eigenvalue weighted by atomic mass is 32.1. The lowest BCUT2D eigenvalue weighted by molar-refractivity contribution is 0.197. The molecule has 0 radical (unpaired) electrons. The number of nitrogens with one attached hydrogen (secondary N) is 1. The number of piperazine rings is 1. The fraction of sp³-hybridized carbons (Fsp3) is 0.412. The van der Waals surface area contributed by atoms with Crippen LogP contribution in [0.1, 0.15) is 16.5 Å². The topological polar surface area (TPSA) is 33.7 Å². The Morgan fingerprint density at radius 1 is 1.14 bits per heavy atom. The van der Waals surface area contributed by atoms with E-state index in [4.69, 9.17) is 9.47 Å². The van der Waals surface area contributed by atoms with Gasteiger partial charge in [-0.2, -0.15) is 0 Å². The Labute approximate surface area is 135 Å². The molecule has 22 heavy (non-hydrogen) atoms. The summed E-state index contributed by atoms with van der Waals surface area (Å²) in [7, 11) is 3.41. The Morgan fingerprint density at radius 2 is 1.95 bits per heavy atom. The molecule has 1 aliphatic heterocycles. The maximum atomic E-state index is 5.64. The summed E-state index contributed by atoms with van der Waals surface area (Å²) in [6.07, 6.45) is 0. The van der Waals surface area contributed by atoms with Crippen LogP contribution < -0.4 is 14.8 Å². The van der Waals surface area contributed by atoms with Crippen molar-refractivity contribution in [2.75, 3.05) is 40.4 Å². The Hall–Kier alpha value is -1.56. The summed E-state index contributed by atoms with van der Waals surface area (Å²) in [4.78, 5) is 3.87. The lowest BCUT2D eigenvalue weighted by Crippen LogP contribution is -2.45. The maximum absolute atomic E-state index is 5.64. The largest absolute Gasteiger partial charge is 0.497 e. The van der Waals surface area contributed by atoms with Gasteiger partial charge in [0, 0.05) is 42.7 Å². The van der Waals surface area contributed by atoms with Crippen molar-refractivity contribution >= 4 is 11.3 Å². The van der Waals surface area contributed by atoms with Crippen molar-refractivity contribution in [3.63, 3.8) is 0 Å². The molecule has 1 aliphatic rings. The van der Waals surface area contributed by atoms with E-state index >= 15 is 0 Å². The average Bonchev–Trinajstić information content (AvgIpc) is 3.10. The molecule has 1 saturated heterocycles. The summed E-state index contributed by atoms with van der Waals surface area (Å²) in [5.41, 5.74) is 1.20. The molecule has 118 valence electrons. The van der Waals surface area contributed by atoms with E-state index in [1.165, 1.54) is 10.4 Å². The Morgan fingerprint density at radius 3 is 2.59 bits per heavy atom. The van der Waals surface area contributed by atoms with Crippen molar-refractivity contribution in [3.05, 3.63) is 46.2 Å². The molecular formula is C17H22N2O2S. The zero-order valence-corrected chi connectivity index (χ0v) is 13.9. The zero-order chi connectivity index (χ0) is 15.4. The zero-order valence-electron chi connectivity index (χ0n) is 13.0. The Balaban J connectivity index is 2.01. The van der Waals surface area contributed by atoms with Gasteiger partial charge >= 0.3 is 0 Å². The van der Waals surface area contributed by atoms with E-state index in [0.29, 0.717) is 0 Å². The van der Waals surface area contributed by atoms with Gasteiger partial charge in [-0.3, -0.25) is 4.90 Å². The van der Waals surface area contributed by atoms with Gasteiger partial charge in [0.15, 0.2) is 0 Å². The second kappa shape index (κ2) is 7.13. The molecule has 1 aromatic carbocycles. The standard InChI is InChI=1S/C17H22N2O2S/c1-20-13-5-6-14(15(12-13)21-2)17(16-4-3-11-22-16)19-9-7-18-8-10-19/h3-6,11-12,17-18H,7-10H2,1-2H3/t17-/m1/s1. The average molecular weight is 318 g/mol. The highest BCUT2D eigenvalue weighted by Crippen LogP contribution is 2.38. The maximum Gasteiger partial charge on any atom is 0.127 e. The first kappa shape index (κ1) is 15.3. The van der Waals surface area contributed by atoms with E-state index < -0.39 is 0 Å². The van der Waals surface area contributed by atoms with Crippen LogP contribution in [0.3, 0.4) is 0 Å². The summed E-state index contributed by atoms with van der Waals surface area (Å²) in [5, 5.41) is 5.56. The Kier molecular flexibility index (Phi) is 4.97. The number of hydrogen-bond acceptors (Lipinski definition) is 5. The summed E-state index contributed by atoms with van der Waals surface area (Å²) in [5.74, 6) is 1.71. The second-order valence-electron chi connectivity index (χ2n) is 5.31. The van der Waals surface area contributed by atoms with Gasteiger partial charge in [0.05, 0.1) is 20.3 Å². The van der Waals surface area contributed by atoms with Crippen molar-refractivity contribution in [1.29, 1.82) is 0 Å². The molecule has 0 aliphatic carbocycles. The minimum absolute atomic E-state index is 0.239. The van der Waals surface area contributed by atoms with Crippen LogP contribution >= 0.6 is 11.3 Å². The number of hydrogen-bond donors (Lipinski definition) is 1. The van der Waals surface area contributed by atoms with Crippen LogP contribution in [0.25, 0.3) is 0 Å². The molecule has 1 N–H and O–H groups in total. The Bertz CT molecular complexity index is 595. The van der Waals surface area contributed by atoms with Crippen molar-refractivity contribution in [2.24, 2.45) is 0 Å². The van der Waals surface area contributed by atoms with Crippen LogP contribution in [0.15, 0.2) is 35.7 Å². The number of rotatable bonds is 5. The molecule has 2 heterocycles. The molecule has 1 fully saturated rings. The van der Waals surface area contributed by atoms with Crippen LogP contribution in [0.2, 0.25) is 0 Å². The lowest BCUT2D eigenvalue weighted by Gasteiger charge is -2.35. The second-order valence-corrected chi connectivity index (χ2v) is 6.29. The molecule has 2 aromatic rings. The third-order valence-electron chi connectivity index (χ3n) is 4.06. The monoisotopic (exact) mass is 318 g/mol. The van der Waals surface area contributed by atoms with E-state index in [0.717, 1.165) is 37.7 Å². The molecular weight excluding hydrogens is 296 g/mol. The van der Waals surface area contributed by atoms with Crippen LogP contribution in [0.4, 0.5) is 0 Å². The predicted octanol–water partition coefficient (Wildman–Crippen LogP) is 2.76. The third-order valence-corrected chi connectivity index (χ3v) is 4.99. The van der Waals surface area contributed by atoms with Crippen LogP contribution in [-0.4, -0.2) is 45.3 Å². The van der Waals surface area contributed by atoms with Gasteiger partial charge < -0.3 is 14.8 Å². The van der Waals surface area contributed by atoms with Crippen LogP contribution in [0.5, 0.6) is 11.5 Å². The SMILES string of the molecule is COc1ccc([C@H](c2cccs2)N2CCNCC2)c(OC)c1. The first-order chi connectivity index (χ1) is 10.8.